The van der Waals surface area contributed by atoms with Gasteiger partial charge in [0.1, 0.15) is 0 Å². The summed E-state index contributed by atoms with van der Waals surface area (Å²) in [4.78, 5) is 13.1. The van der Waals surface area contributed by atoms with Crippen LogP contribution in [0.5, 0.6) is 0 Å². The summed E-state index contributed by atoms with van der Waals surface area (Å²) in [7, 11) is 0. The highest BCUT2D eigenvalue weighted by Gasteiger charge is 2.10. The van der Waals surface area contributed by atoms with E-state index < -0.39 is 0 Å². The van der Waals surface area contributed by atoms with Gasteiger partial charge in [0.25, 0.3) is 0 Å². The van der Waals surface area contributed by atoms with Crippen molar-refractivity contribution in [1.29, 1.82) is 0 Å². The smallest absolute Gasteiger partial charge is 0.156 e. The first-order chi connectivity index (χ1) is 7.65. The van der Waals surface area contributed by atoms with Crippen LogP contribution in [-0.4, -0.2) is 22.2 Å². The van der Waals surface area contributed by atoms with E-state index in [0.717, 1.165) is 30.1 Å². The first kappa shape index (κ1) is 11.0. The van der Waals surface area contributed by atoms with Gasteiger partial charge in [-0.3, -0.25) is 4.99 Å². The number of hydrogen-bond donors (Lipinski definition) is 0. The molecule has 0 aliphatic carbocycles. The number of allylic oxidation sites excluding steroid dienone is 1. The van der Waals surface area contributed by atoms with Crippen molar-refractivity contribution in [1.82, 2.24) is 9.97 Å². The minimum Gasteiger partial charge on any atom is -0.285 e. The molecule has 0 aromatic carbocycles. The second kappa shape index (κ2) is 4.56. The SMILES string of the molecule is CC1=NCC(c2ncc(CC(C)C)cn2)=C1. The summed E-state index contributed by atoms with van der Waals surface area (Å²) in [5.41, 5.74) is 3.38. The van der Waals surface area contributed by atoms with E-state index in [4.69, 9.17) is 0 Å². The quantitative estimate of drug-likeness (QED) is 0.777. The van der Waals surface area contributed by atoms with Gasteiger partial charge in [-0.2, -0.15) is 0 Å². The molecule has 84 valence electrons. The van der Waals surface area contributed by atoms with Crippen molar-refractivity contribution < 1.29 is 0 Å². The Morgan fingerprint density at radius 1 is 1.25 bits per heavy atom. The molecule has 0 saturated carbocycles. The van der Waals surface area contributed by atoms with Gasteiger partial charge in [-0.05, 0) is 30.9 Å². The second-order valence-corrected chi connectivity index (χ2v) is 4.64. The van der Waals surface area contributed by atoms with E-state index in [1.807, 2.05) is 19.3 Å². The summed E-state index contributed by atoms with van der Waals surface area (Å²) in [5.74, 6) is 1.46. The molecule has 0 saturated heterocycles. The lowest BCUT2D eigenvalue weighted by molar-refractivity contribution is 0.643. The Bertz CT molecular complexity index is 427. The van der Waals surface area contributed by atoms with E-state index in [-0.39, 0.29) is 0 Å². The normalized spacial score (nSPS) is 15.2. The fourth-order valence-electron chi connectivity index (χ4n) is 1.79. The molecule has 1 aliphatic heterocycles. The summed E-state index contributed by atoms with van der Waals surface area (Å²) in [5, 5.41) is 0. The third kappa shape index (κ3) is 2.54. The lowest BCUT2D eigenvalue weighted by Crippen LogP contribution is -2.00. The minimum absolute atomic E-state index is 0.644. The first-order valence-corrected chi connectivity index (χ1v) is 5.68. The summed E-state index contributed by atoms with van der Waals surface area (Å²) in [6, 6.07) is 0. The van der Waals surface area contributed by atoms with Crippen molar-refractivity contribution in [2.75, 3.05) is 6.54 Å². The summed E-state index contributed by atoms with van der Waals surface area (Å²) in [6.07, 6.45) is 6.94. The van der Waals surface area contributed by atoms with Crippen LogP contribution in [0.25, 0.3) is 5.57 Å². The molecular weight excluding hydrogens is 198 g/mol. The van der Waals surface area contributed by atoms with Gasteiger partial charge in [-0.1, -0.05) is 13.8 Å². The zero-order chi connectivity index (χ0) is 11.5. The van der Waals surface area contributed by atoms with Gasteiger partial charge in [0.05, 0.1) is 6.54 Å². The molecule has 3 heteroatoms. The molecule has 0 amide bonds. The highest BCUT2D eigenvalue weighted by Crippen LogP contribution is 2.15. The summed E-state index contributed by atoms with van der Waals surface area (Å²) < 4.78 is 0. The van der Waals surface area contributed by atoms with Crippen LogP contribution >= 0.6 is 0 Å². The molecule has 0 spiro atoms. The molecule has 0 unspecified atom stereocenters. The monoisotopic (exact) mass is 215 g/mol. The van der Waals surface area contributed by atoms with Crippen LogP contribution in [0.4, 0.5) is 0 Å². The molecule has 0 radical (unpaired) electrons. The maximum absolute atomic E-state index is 4.40. The molecule has 2 heterocycles. The number of nitrogens with zero attached hydrogens (tertiary/aromatic N) is 3. The Labute approximate surface area is 96.4 Å². The van der Waals surface area contributed by atoms with Gasteiger partial charge < -0.3 is 0 Å². The van der Waals surface area contributed by atoms with Crippen molar-refractivity contribution in [3.8, 4) is 0 Å². The topological polar surface area (TPSA) is 38.1 Å². The van der Waals surface area contributed by atoms with Gasteiger partial charge in [0, 0.05) is 23.7 Å². The van der Waals surface area contributed by atoms with Crippen LogP contribution < -0.4 is 0 Å². The Hall–Kier alpha value is -1.51. The number of hydrogen-bond acceptors (Lipinski definition) is 3. The van der Waals surface area contributed by atoms with Crippen LogP contribution in [0, 0.1) is 5.92 Å². The first-order valence-electron chi connectivity index (χ1n) is 5.68. The van der Waals surface area contributed by atoms with E-state index in [9.17, 15) is 0 Å². The van der Waals surface area contributed by atoms with Crippen LogP contribution in [0.15, 0.2) is 23.5 Å². The predicted octanol–water partition coefficient (Wildman–Crippen LogP) is 2.53. The molecule has 0 atom stereocenters. The van der Waals surface area contributed by atoms with Crippen molar-refractivity contribution in [3.63, 3.8) is 0 Å². The van der Waals surface area contributed by atoms with Crippen LogP contribution in [-0.2, 0) is 6.42 Å². The molecule has 2 rings (SSSR count). The third-order valence-electron chi connectivity index (χ3n) is 2.52. The second-order valence-electron chi connectivity index (χ2n) is 4.64. The predicted molar refractivity (Wildman–Crippen MR) is 66.5 cm³/mol. The van der Waals surface area contributed by atoms with Crippen LogP contribution in [0.3, 0.4) is 0 Å². The number of rotatable bonds is 3. The third-order valence-corrected chi connectivity index (χ3v) is 2.52. The van der Waals surface area contributed by atoms with Gasteiger partial charge in [0.15, 0.2) is 5.82 Å². The fraction of sp³-hybridized carbons (Fsp3) is 0.462. The molecule has 3 nitrogen and oxygen atoms in total. The molecule has 0 fully saturated rings. The van der Waals surface area contributed by atoms with E-state index in [1.165, 1.54) is 5.56 Å². The Balaban J connectivity index is 2.11. The summed E-state index contributed by atoms with van der Waals surface area (Å²) >= 11 is 0. The van der Waals surface area contributed by atoms with Crippen LogP contribution in [0.1, 0.15) is 32.2 Å². The lowest BCUT2D eigenvalue weighted by atomic mass is 10.1. The van der Waals surface area contributed by atoms with Crippen molar-refractivity contribution in [3.05, 3.63) is 29.9 Å². The largest absolute Gasteiger partial charge is 0.285 e. The van der Waals surface area contributed by atoms with Gasteiger partial charge in [-0.15, -0.1) is 0 Å². The molecule has 0 bridgehead atoms. The van der Waals surface area contributed by atoms with Crippen LogP contribution in [0.2, 0.25) is 0 Å². The average Bonchev–Trinajstić information content (AvgIpc) is 2.65. The minimum atomic E-state index is 0.644. The standard InChI is InChI=1S/C13H17N3/c1-9(2)4-11-6-15-13(16-7-11)12-5-10(3)14-8-12/h5-7,9H,4,8H2,1-3H3. The average molecular weight is 215 g/mol. The van der Waals surface area contributed by atoms with Crippen molar-refractivity contribution >= 4 is 11.3 Å². The molecule has 0 N–H and O–H groups in total. The van der Waals surface area contributed by atoms with Gasteiger partial charge in [-0.25, -0.2) is 9.97 Å². The molecular formula is C13H17N3. The van der Waals surface area contributed by atoms with E-state index >= 15 is 0 Å². The van der Waals surface area contributed by atoms with Crippen molar-refractivity contribution in [2.24, 2.45) is 10.9 Å². The van der Waals surface area contributed by atoms with E-state index in [0.29, 0.717) is 5.92 Å². The van der Waals surface area contributed by atoms with Gasteiger partial charge in [0.2, 0.25) is 0 Å². The lowest BCUT2D eigenvalue weighted by Gasteiger charge is -2.05. The maximum Gasteiger partial charge on any atom is 0.156 e. The molecule has 1 aromatic rings. The Kier molecular flexibility index (Phi) is 3.13. The molecule has 1 aliphatic rings. The Morgan fingerprint density at radius 2 is 1.94 bits per heavy atom. The maximum atomic E-state index is 4.40. The van der Waals surface area contributed by atoms with Crippen molar-refractivity contribution in [2.45, 2.75) is 27.2 Å². The number of aromatic nitrogens is 2. The zero-order valence-electron chi connectivity index (χ0n) is 10.1. The van der Waals surface area contributed by atoms with E-state index in [2.05, 4.69) is 34.9 Å². The van der Waals surface area contributed by atoms with E-state index in [1.54, 1.807) is 0 Å². The highest BCUT2D eigenvalue weighted by molar-refractivity contribution is 6.02. The Morgan fingerprint density at radius 3 is 2.44 bits per heavy atom. The fourth-order valence-corrected chi connectivity index (χ4v) is 1.79. The number of aliphatic imine (C=N–C) groups is 1. The molecule has 1 aromatic heterocycles. The highest BCUT2D eigenvalue weighted by atomic mass is 14.9. The van der Waals surface area contributed by atoms with Gasteiger partial charge >= 0.3 is 0 Å². The zero-order valence-corrected chi connectivity index (χ0v) is 10.1. The summed E-state index contributed by atoms with van der Waals surface area (Å²) in [6.45, 7) is 7.12. The molecule has 16 heavy (non-hydrogen) atoms.